The number of likely N-dealkylation sites (tertiary alicyclic amines) is 1. The van der Waals surface area contributed by atoms with Crippen molar-refractivity contribution in [1.82, 2.24) is 19.4 Å². The number of hydrogen-bond donors (Lipinski definition) is 1. The summed E-state index contributed by atoms with van der Waals surface area (Å²) in [7, 11) is 0. The van der Waals surface area contributed by atoms with Gasteiger partial charge in [0.1, 0.15) is 5.52 Å². The van der Waals surface area contributed by atoms with Gasteiger partial charge >= 0.3 is 0 Å². The van der Waals surface area contributed by atoms with Gasteiger partial charge in [-0.05, 0) is 36.7 Å². The Hall–Kier alpha value is -1.37. The van der Waals surface area contributed by atoms with Crippen LogP contribution >= 0.6 is 24.8 Å². The molecule has 8 heteroatoms. The van der Waals surface area contributed by atoms with Gasteiger partial charge in [-0.25, -0.2) is 9.97 Å². The standard InChI is InChI=1S/C19H27N5O.2ClH/c1-12(2)8-24-11-22-17-6-14(7-21-18(17)24)19(25)23-9-13-4-3-5-16(20)15(13)10-23;;/h6-7,11-13,15-16H,3-5,8-10,20H2,1-2H3;2*1H/t13-,15+,16-;;/m1../s1. The van der Waals surface area contributed by atoms with Crippen molar-refractivity contribution in [3.63, 3.8) is 0 Å². The minimum Gasteiger partial charge on any atom is -0.338 e. The Morgan fingerprint density at radius 2 is 2.04 bits per heavy atom. The van der Waals surface area contributed by atoms with Crippen molar-refractivity contribution in [3.8, 4) is 0 Å². The van der Waals surface area contributed by atoms with Crippen molar-refractivity contribution in [1.29, 1.82) is 0 Å². The van der Waals surface area contributed by atoms with E-state index in [1.54, 1.807) is 6.20 Å². The molecule has 0 aromatic carbocycles. The number of rotatable bonds is 3. The van der Waals surface area contributed by atoms with Crippen LogP contribution in [0.5, 0.6) is 0 Å². The maximum atomic E-state index is 12.9. The van der Waals surface area contributed by atoms with E-state index in [-0.39, 0.29) is 36.8 Å². The summed E-state index contributed by atoms with van der Waals surface area (Å²) in [5, 5.41) is 0. The average molecular weight is 414 g/mol. The maximum absolute atomic E-state index is 12.9. The predicted octanol–water partition coefficient (Wildman–Crippen LogP) is 3.13. The summed E-state index contributed by atoms with van der Waals surface area (Å²) < 4.78 is 2.05. The van der Waals surface area contributed by atoms with Gasteiger partial charge in [0.15, 0.2) is 5.65 Å². The van der Waals surface area contributed by atoms with E-state index >= 15 is 0 Å². The first kappa shape index (κ1) is 21.9. The number of amides is 1. The number of pyridine rings is 1. The maximum Gasteiger partial charge on any atom is 0.255 e. The number of nitrogens with zero attached hydrogens (tertiary/aromatic N) is 4. The molecule has 1 saturated heterocycles. The molecule has 0 unspecified atom stereocenters. The highest BCUT2D eigenvalue weighted by molar-refractivity contribution is 5.96. The van der Waals surface area contributed by atoms with E-state index in [1.165, 1.54) is 12.8 Å². The number of fused-ring (bicyclic) bond motifs is 2. The van der Waals surface area contributed by atoms with Crippen LogP contribution in [0.4, 0.5) is 0 Å². The number of carbonyl (C=O) groups is 1. The Morgan fingerprint density at radius 3 is 2.74 bits per heavy atom. The van der Waals surface area contributed by atoms with Crippen molar-refractivity contribution in [2.45, 2.75) is 45.7 Å². The molecule has 2 N–H and O–H groups in total. The van der Waals surface area contributed by atoms with E-state index in [1.807, 2.05) is 17.3 Å². The van der Waals surface area contributed by atoms with E-state index in [0.717, 1.165) is 37.2 Å². The smallest absolute Gasteiger partial charge is 0.255 e. The third kappa shape index (κ3) is 4.23. The quantitative estimate of drug-likeness (QED) is 0.837. The summed E-state index contributed by atoms with van der Waals surface area (Å²) in [4.78, 5) is 23.9. The fourth-order valence-corrected chi connectivity index (χ4v) is 4.46. The first-order valence-corrected chi connectivity index (χ1v) is 9.38. The van der Waals surface area contributed by atoms with Crippen molar-refractivity contribution in [2.75, 3.05) is 13.1 Å². The van der Waals surface area contributed by atoms with Crippen LogP contribution in [0, 0.1) is 17.8 Å². The molecule has 2 aliphatic rings. The summed E-state index contributed by atoms with van der Waals surface area (Å²) in [5.41, 5.74) is 8.55. The molecule has 3 atom stereocenters. The molecule has 0 radical (unpaired) electrons. The van der Waals surface area contributed by atoms with Crippen molar-refractivity contribution in [3.05, 3.63) is 24.2 Å². The van der Waals surface area contributed by atoms with Crippen molar-refractivity contribution in [2.24, 2.45) is 23.5 Å². The lowest BCUT2D eigenvalue weighted by molar-refractivity contribution is 0.0783. The fraction of sp³-hybridized carbons (Fsp3) is 0.632. The fourth-order valence-electron chi connectivity index (χ4n) is 4.46. The predicted molar refractivity (Wildman–Crippen MR) is 112 cm³/mol. The van der Waals surface area contributed by atoms with E-state index in [4.69, 9.17) is 5.73 Å². The zero-order chi connectivity index (χ0) is 17.6. The Balaban J connectivity index is 0.00000131. The van der Waals surface area contributed by atoms with Crippen LogP contribution in [-0.4, -0.2) is 44.5 Å². The first-order valence-electron chi connectivity index (χ1n) is 9.38. The first-order chi connectivity index (χ1) is 12.0. The van der Waals surface area contributed by atoms with Crippen LogP contribution in [0.15, 0.2) is 18.6 Å². The summed E-state index contributed by atoms with van der Waals surface area (Å²) in [6, 6.07) is 2.12. The van der Waals surface area contributed by atoms with Gasteiger partial charge < -0.3 is 15.2 Å². The second kappa shape index (κ2) is 8.76. The minimum absolute atomic E-state index is 0. The van der Waals surface area contributed by atoms with E-state index in [2.05, 4.69) is 28.4 Å². The van der Waals surface area contributed by atoms with Gasteiger partial charge in [-0.2, -0.15) is 0 Å². The van der Waals surface area contributed by atoms with E-state index in [9.17, 15) is 4.79 Å². The monoisotopic (exact) mass is 413 g/mol. The van der Waals surface area contributed by atoms with E-state index < -0.39 is 0 Å². The van der Waals surface area contributed by atoms with Crippen LogP contribution in [0.25, 0.3) is 11.2 Å². The third-order valence-electron chi connectivity index (χ3n) is 5.71. The highest BCUT2D eigenvalue weighted by Gasteiger charge is 2.40. The topological polar surface area (TPSA) is 77.0 Å². The Kier molecular flexibility index (Phi) is 7.11. The molecule has 2 aromatic rings. The van der Waals surface area contributed by atoms with Crippen LogP contribution in [-0.2, 0) is 6.54 Å². The Labute approximate surface area is 172 Å². The molecule has 0 bridgehead atoms. The zero-order valence-corrected chi connectivity index (χ0v) is 17.5. The van der Waals surface area contributed by atoms with Crippen molar-refractivity contribution >= 4 is 41.9 Å². The molecular formula is C19H29Cl2N5O. The molecule has 2 fully saturated rings. The normalized spacial score (nSPS) is 24.4. The third-order valence-corrected chi connectivity index (χ3v) is 5.71. The molecular weight excluding hydrogens is 385 g/mol. The molecule has 2 aromatic heterocycles. The molecule has 27 heavy (non-hydrogen) atoms. The van der Waals surface area contributed by atoms with Gasteiger partial charge in [-0.3, -0.25) is 4.79 Å². The van der Waals surface area contributed by atoms with Gasteiger partial charge in [0.05, 0.1) is 11.9 Å². The van der Waals surface area contributed by atoms with Crippen LogP contribution in [0.3, 0.4) is 0 Å². The number of hydrogen-bond acceptors (Lipinski definition) is 4. The van der Waals surface area contributed by atoms with Gasteiger partial charge in [0.2, 0.25) is 0 Å². The number of aromatic nitrogens is 3. The lowest BCUT2D eigenvalue weighted by Gasteiger charge is -2.29. The summed E-state index contributed by atoms with van der Waals surface area (Å²) in [6.45, 7) is 6.83. The summed E-state index contributed by atoms with van der Waals surface area (Å²) in [6.07, 6.45) is 6.98. The Morgan fingerprint density at radius 1 is 1.26 bits per heavy atom. The number of halogens is 2. The molecule has 1 amide bonds. The lowest BCUT2D eigenvalue weighted by atomic mass is 9.78. The molecule has 3 heterocycles. The molecule has 4 rings (SSSR count). The van der Waals surface area contributed by atoms with Gasteiger partial charge in [-0.1, -0.05) is 20.3 Å². The largest absolute Gasteiger partial charge is 0.338 e. The van der Waals surface area contributed by atoms with Crippen LogP contribution in [0.2, 0.25) is 0 Å². The molecule has 1 saturated carbocycles. The SMILES string of the molecule is CC(C)Cn1cnc2cc(C(=O)N3C[C@H]4CCC[C@@H](N)[C@H]4C3)cnc21.Cl.Cl. The second-order valence-corrected chi connectivity index (χ2v) is 8.09. The summed E-state index contributed by atoms with van der Waals surface area (Å²) in [5.74, 6) is 1.61. The molecule has 150 valence electrons. The van der Waals surface area contributed by atoms with Gasteiger partial charge in [0.25, 0.3) is 5.91 Å². The number of nitrogens with two attached hydrogens (primary N) is 1. The molecule has 0 spiro atoms. The van der Waals surface area contributed by atoms with Crippen LogP contribution < -0.4 is 5.73 Å². The van der Waals surface area contributed by atoms with Crippen molar-refractivity contribution < 1.29 is 4.79 Å². The van der Waals surface area contributed by atoms with Gasteiger partial charge in [-0.15, -0.1) is 24.8 Å². The Bertz CT molecular complexity index is 793. The number of imidazole rings is 1. The molecule has 6 nitrogen and oxygen atoms in total. The minimum atomic E-state index is 0. The van der Waals surface area contributed by atoms with Gasteiger partial charge in [0, 0.05) is 31.9 Å². The highest BCUT2D eigenvalue weighted by atomic mass is 35.5. The average Bonchev–Trinajstić information content (AvgIpc) is 3.19. The highest BCUT2D eigenvalue weighted by Crippen LogP contribution is 2.36. The molecule has 1 aliphatic carbocycles. The zero-order valence-electron chi connectivity index (χ0n) is 15.9. The molecule has 1 aliphatic heterocycles. The lowest BCUT2D eigenvalue weighted by Crippen LogP contribution is -2.38. The summed E-state index contributed by atoms with van der Waals surface area (Å²) >= 11 is 0. The second-order valence-electron chi connectivity index (χ2n) is 8.09. The number of carbonyl (C=O) groups excluding carboxylic acids is 1. The van der Waals surface area contributed by atoms with Crippen LogP contribution in [0.1, 0.15) is 43.5 Å². The van der Waals surface area contributed by atoms with E-state index in [0.29, 0.717) is 23.3 Å².